The van der Waals surface area contributed by atoms with Crippen LogP contribution >= 0.6 is 23.2 Å². The van der Waals surface area contributed by atoms with E-state index in [4.69, 9.17) is 23.2 Å². The first-order valence-electron chi connectivity index (χ1n) is 3.67. The van der Waals surface area contributed by atoms with Gasteiger partial charge in [-0.15, -0.1) is 0 Å². The Labute approximate surface area is 80.9 Å². The van der Waals surface area contributed by atoms with Crippen LogP contribution in [0.3, 0.4) is 0 Å². The zero-order valence-electron chi connectivity index (χ0n) is 6.22. The molecule has 0 aliphatic carbocycles. The van der Waals surface area contributed by atoms with E-state index < -0.39 is 0 Å². The predicted molar refractivity (Wildman–Crippen MR) is 53.0 cm³/mol. The van der Waals surface area contributed by atoms with Crippen LogP contribution in [0, 0.1) is 0 Å². The Morgan fingerprint density at radius 2 is 1.33 bits per heavy atom. The van der Waals surface area contributed by atoms with Crippen molar-refractivity contribution < 1.29 is 0 Å². The Kier molecular flexibility index (Phi) is 2.03. The monoisotopic (exact) mass is 202 g/mol. The van der Waals surface area contributed by atoms with Crippen molar-refractivity contribution in [3.63, 3.8) is 0 Å². The highest BCUT2D eigenvalue weighted by molar-refractivity contribution is 6.32. The number of nitrogens with one attached hydrogen (secondary N) is 2. The van der Waals surface area contributed by atoms with Crippen molar-refractivity contribution in [2.24, 2.45) is 0 Å². The molecule has 1 aliphatic heterocycles. The van der Waals surface area contributed by atoms with Gasteiger partial charge in [0.05, 0.1) is 11.4 Å². The summed E-state index contributed by atoms with van der Waals surface area (Å²) in [5.41, 5.74) is 1.46. The van der Waals surface area contributed by atoms with E-state index in [0.717, 1.165) is 11.4 Å². The number of para-hydroxylation sites is 2. The number of fused-ring (bicyclic) bond motifs is 1. The first kappa shape index (κ1) is 8.02. The second kappa shape index (κ2) is 3.04. The summed E-state index contributed by atoms with van der Waals surface area (Å²) in [7, 11) is 0. The molecule has 1 aromatic carbocycles. The summed E-state index contributed by atoms with van der Waals surface area (Å²) in [4.78, 5) is 0. The molecule has 0 saturated heterocycles. The molecule has 2 N–H and O–H groups in total. The van der Waals surface area contributed by atoms with E-state index in [-0.39, 0.29) is 11.0 Å². The van der Waals surface area contributed by atoms with Crippen molar-refractivity contribution in [1.82, 2.24) is 0 Å². The molecule has 1 heterocycles. The highest BCUT2D eigenvalue weighted by Crippen LogP contribution is 2.30. The Bertz CT molecular complexity index is 261. The maximum Gasteiger partial charge on any atom is 0.136 e. The van der Waals surface area contributed by atoms with Gasteiger partial charge in [-0.1, -0.05) is 35.3 Å². The van der Waals surface area contributed by atoms with E-state index >= 15 is 0 Å². The average molecular weight is 203 g/mol. The van der Waals surface area contributed by atoms with Crippen LogP contribution in [0.25, 0.3) is 0 Å². The van der Waals surface area contributed by atoms with Crippen LogP contribution in [0.1, 0.15) is 0 Å². The Morgan fingerprint density at radius 1 is 0.917 bits per heavy atom. The molecular weight excluding hydrogens is 195 g/mol. The lowest BCUT2D eigenvalue weighted by Gasteiger charge is -2.28. The molecule has 12 heavy (non-hydrogen) atoms. The van der Waals surface area contributed by atoms with E-state index in [1.54, 1.807) is 0 Å². The van der Waals surface area contributed by atoms with Crippen molar-refractivity contribution in [3.8, 4) is 0 Å². The van der Waals surface area contributed by atoms with Gasteiger partial charge in [0.2, 0.25) is 0 Å². The van der Waals surface area contributed by atoms with E-state index in [9.17, 15) is 0 Å². The standard InChI is InChI=1S/C8H8Cl2N2/c9-7-8(10)12-6-4-2-1-3-5(6)11-7/h1-4,7-8,11-12H/t7-,8+. The topological polar surface area (TPSA) is 24.1 Å². The van der Waals surface area contributed by atoms with Crippen LogP contribution in [0.15, 0.2) is 24.3 Å². The molecule has 0 aromatic heterocycles. The molecule has 0 amide bonds. The summed E-state index contributed by atoms with van der Waals surface area (Å²) in [5.74, 6) is 0. The molecule has 0 saturated carbocycles. The van der Waals surface area contributed by atoms with Gasteiger partial charge in [-0.2, -0.15) is 0 Å². The first-order chi connectivity index (χ1) is 5.77. The number of halogens is 2. The average Bonchev–Trinajstić information content (AvgIpc) is 2.07. The van der Waals surface area contributed by atoms with Gasteiger partial charge in [-0.05, 0) is 12.1 Å². The van der Waals surface area contributed by atoms with Crippen molar-refractivity contribution in [3.05, 3.63) is 24.3 Å². The molecule has 0 fully saturated rings. The highest BCUT2D eigenvalue weighted by atomic mass is 35.5. The molecule has 1 aromatic rings. The van der Waals surface area contributed by atoms with Gasteiger partial charge in [0.15, 0.2) is 0 Å². The van der Waals surface area contributed by atoms with Crippen LogP contribution in [-0.4, -0.2) is 11.0 Å². The second-order valence-corrected chi connectivity index (χ2v) is 3.58. The van der Waals surface area contributed by atoms with Crippen molar-refractivity contribution in [2.45, 2.75) is 11.0 Å². The number of alkyl halides is 2. The SMILES string of the molecule is Cl[C@@H]1Nc2ccccc2N[C@@H]1Cl. The highest BCUT2D eigenvalue weighted by Gasteiger charge is 2.22. The van der Waals surface area contributed by atoms with Crippen LogP contribution < -0.4 is 10.6 Å². The lowest BCUT2D eigenvalue weighted by molar-refractivity contribution is 0.905. The number of rotatable bonds is 0. The van der Waals surface area contributed by atoms with E-state index in [1.807, 2.05) is 24.3 Å². The van der Waals surface area contributed by atoms with Crippen LogP contribution in [-0.2, 0) is 0 Å². The minimum atomic E-state index is -0.262. The largest absolute Gasteiger partial charge is 0.365 e. The van der Waals surface area contributed by atoms with Crippen molar-refractivity contribution in [2.75, 3.05) is 10.6 Å². The summed E-state index contributed by atoms with van der Waals surface area (Å²) in [6.45, 7) is 0. The summed E-state index contributed by atoms with van der Waals surface area (Å²) in [5, 5.41) is 6.16. The van der Waals surface area contributed by atoms with Gasteiger partial charge in [0.1, 0.15) is 11.0 Å². The minimum absolute atomic E-state index is 0.262. The zero-order chi connectivity index (χ0) is 8.55. The molecule has 1 aliphatic rings. The first-order valence-corrected chi connectivity index (χ1v) is 4.55. The molecule has 0 radical (unpaired) electrons. The van der Waals surface area contributed by atoms with Crippen molar-refractivity contribution in [1.29, 1.82) is 0 Å². The summed E-state index contributed by atoms with van der Waals surface area (Å²) < 4.78 is 0. The lowest BCUT2D eigenvalue weighted by Crippen LogP contribution is -2.35. The Morgan fingerprint density at radius 3 is 1.75 bits per heavy atom. The third-order valence-electron chi connectivity index (χ3n) is 1.77. The third kappa shape index (κ3) is 1.32. The van der Waals surface area contributed by atoms with Crippen LogP contribution in [0.2, 0.25) is 0 Å². The lowest BCUT2D eigenvalue weighted by atomic mass is 10.2. The third-order valence-corrected chi connectivity index (χ3v) is 2.62. The van der Waals surface area contributed by atoms with Crippen LogP contribution in [0.4, 0.5) is 11.4 Å². The summed E-state index contributed by atoms with van der Waals surface area (Å²) in [6.07, 6.45) is 0. The van der Waals surface area contributed by atoms with Gasteiger partial charge in [-0.3, -0.25) is 0 Å². The molecule has 4 heteroatoms. The molecule has 64 valence electrons. The van der Waals surface area contributed by atoms with Gasteiger partial charge in [-0.25, -0.2) is 0 Å². The van der Waals surface area contributed by atoms with Gasteiger partial charge < -0.3 is 10.6 Å². The predicted octanol–water partition coefficient (Wildman–Crippen LogP) is 2.65. The minimum Gasteiger partial charge on any atom is -0.365 e. The fraction of sp³-hybridized carbons (Fsp3) is 0.250. The summed E-state index contributed by atoms with van der Waals surface area (Å²) in [6, 6.07) is 7.82. The van der Waals surface area contributed by atoms with Crippen molar-refractivity contribution >= 4 is 34.6 Å². The molecule has 0 unspecified atom stereocenters. The summed E-state index contributed by atoms with van der Waals surface area (Å²) >= 11 is 11.8. The molecule has 2 atom stereocenters. The van der Waals surface area contributed by atoms with E-state index in [2.05, 4.69) is 10.6 Å². The van der Waals surface area contributed by atoms with Gasteiger partial charge >= 0.3 is 0 Å². The number of anilines is 2. The zero-order valence-corrected chi connectivity index (χ0v) is 7.73. The number of benzene rings is 1. The fourth-order valence-corrected chi connectivity index (χ4v) is 1.54. The molecule has 0 bridgehead atoms. The smallest absolute Gasteiger partial charge is 0.136 e. The van der Waals surface area contributed by atoms with Gasteiger partial charge in [0, 0.05) is 0 Å². The van der Waals surface area contributed by atoms with Crippen LogP contribution in [0.5, 0.6) is 0 Å². The quantitative estimate of drug-likeness (QED) is 0.500. The normalized spacial score (nSPS) is 26.8. The Balaban J connectivity index is 2.34. The van der Waals surface area contributed by atoms with E-state index in [0.29, 0.717) is 0 Å². The maximum atomic E-state index is 5.89. The second-order valence-electron chi connectivity index (χ2n) is 2.64. The molecule has 2 rings (SSSR count). The molecule has 2 nitrogen and oxygen atoms in total. The fourth-order valence-electron chi connectivity index (χ4n) is 1.18. The Hall–Kier alpha value is -0.600. The maximum absolute atomic E-state index is 5.89. The molecular formula is C8H8Cl2N2. The molecule has 0 spiro atoms. The number of hydrogen-bond acceptors (Lipinski definition) is 2. The van der Waals surface area contributed by atoms with E-state index in [1.165, 1.54) is 0 Å². The van der Waals surface area contributed by atoms with Gasteiger partial charge in [0.25, 0.3) is 0 Å². The number of hydrogen-bond donors (Lipinski definition) is 2.